The summed E-state index contributed by atoms with van der Waals surface area (Å²) in [5.74, 6) is 0.772. The Morgan fingerprint density at radius 2 is 2.17 bits per heavy atom. The summed E-state index contributed by atoms with van der Waals surface area (Å²) in [4.78, 5) is 0. The van der Waals surface area contributed by atoms with E-state index < -0.39 is 0 Å². The van der Waals surface area contributed by atoms with E-state index in [0.29, 0.717) is 11.3 Å². The van der Waals surface area contributed by atoms with Crippen molar-refractivity contribution in [2.45, 2.75) is 26.4 Å². The fraction of sp³-hybridized carbons (Fsp3) is 0.400. The molecule has 1 aliphatic heterocycles. The lowest BCUT2D eigenvalue weighted by Gasteiger charge is -2.28. The maximum Gasteiger partial charge on any atom is 0.124 e. The second-order valence-corrected chi connectivity index (χ2v) is 3.46. The molecule has 0 fully saturated rings. The molecule has 0 aromatic heterocycles. The van der Waals surface area contributed by atoms with Crippen molar-refractivity contribution in [1.29, 1.82) is 0 Å². The molecule has 0 radical (unpaired) electrons. The molecule has 0 saturated carbocycles. The average Bonchev–Trinajstić information content (AvgIpc) is 1.83. The zero-order valence-corrected chi connectivity index (χ0v) is 7.72. The summed E-state index contributed by atoms with van der Waals surface area (Å²) in [7, 11) is 0. The average molecular weight is 166 g/mol. The normalized spacial score (nSPS) is 25.1. The highest BCUT2D eigenvalue weighted by molar-refractivity contribution is 5.40. The Balaban J connectivity index is 3.03. The topological polar surface area (TPSA) is 29.5 Å². The van der Waals surface area contributed by atoms with Crippen LogP contribution in [0.3, 0.4) is 0 Å². The largest absolute Gasteiger partial charge is 0.512 e. The van der Waals surface area contributed by atoms with Crippen molar-refractivity contribution in [2.24, 2.45) is 0 Å². The minimum Gasteiger partial charge on any atom is -0.512 e. The van der Waals surface area contributed by atoms with Crippen molar-refractivity contribution >= 4 is 0 Å². The van der Waals surface area contributed by atoms with Gasteiger partial charge >= 0.3 is 0 Å². The summed E-state index contributed by atoms with van der Waals surface area (Å²) in [6.07, 6.45) is 3.73. The predicted octanol–water partition coefficient (Wildman–Crippen LogP) is 2.70. The van der Waals surface area contributed by atoms with Crippen LogP contribution >= 0.6 is 0 Å². The van der Waals surface area contributed by atoms with Crippen LogP contribution in [0.15, 0.2) is 35.8 Å². The number of allylic oxidation sites excluding steroid dienone is 2. The maximum absolute atomic E-state index is 9.21. The van der Waals surface area contributed by atoms with Crippen LogP contribution in [0.1, 0.15) is 20.8 Å². The smallest absolute Gasteiger partial charge is 0.124 e. The van der Waals surface area contributed by atoms with Gasteiger partial charge in [0.2, 0.25) is 0 Å². The highest BCUT2D eigenvalue weighted by Crippen LogP contribution is 2.28. The van der Waals surface area contributed by atoms with Crippen molar-refractivity contribution in [3.8, 4) is 0 Å². The number of aliphatic hydroxyl groups excluding tert-OH is 1. The second-order valence-electron chi connectivity index (χ2n) is 3.46. The number of hydrogen-bond donors (Lipinski definition) is 1. The standard InChI is InChI=1S/C10H14O2/c1-7(11)9-5-6-10(3,4)12-8(9)2/h5-6,11H,2H2,1,3-4H3/b9-7+. The van der Waals surface area contributed by atoms with E-state index in [1.165, 1.54) is 0 Å². The molecule has 0 spiro atoms. The molecule has 0 amide bonds. The third kappa shape index (κ3) is 1.70. The van der Waals surface area contributed by atoms with E-state index in [-0.39, 0.29) is 11.4 Å². The fourth-order valence-electron chi connectivity index (χ4n) is 1.11. The van der Waals surface area contributed by atoms with E-state index in [1.807, 2.05) is 26.0 Å². The summed E-state index contributed by atoms with van der Waals surface area (Å²) in [5, 5.41) is 9.21. The Bertz CT molecular complexity index is 266. The maximum atomic E-state index is 9.21. The van der Waals surface area contributed by atoms with Crippen molar-refractivity contribution in [1.82, 2.24) is 0 Å². The first-order valence-corrected chi connectivity index (χ1v) is 3.90. The van der Waals surface area contributed by atoms with Crippen molar-refractivity contribution < 1.29 is 9.84 Å². The highest BCUT2D eigenvalue weighted by Gasteiger charge is 2.23. The molecule has 0 unspecified atom stereocenters. The van der Waals surface area contributed by atoms with Gasteiger partial charge in [-0.3, -0.25) is 0 Å². The van der Waals surface area contributed by atoms with E-state index in [2.05, 4.69) is 6.58 Å². The van der Waals surface area contributed by atoms with Crippen LogP contribution in [0.2, 0.25) is 0 Å². The van der Waals surface area contributed by atoms with E-state index in [1.54, 1.807) is 6.92 Å². The summed E-state index contributed by atoms with van der Waals surface area (Å²) in [5.41, 5.74) is 0.366. The lowest BCUT2D eigenvalue weighted by molar-refractivity contribution is 0.0792. The van der Waals surface area contributed by atoms with Gasteiger partial charge in [0.05, 0.1) is 5.57 Å². The van der Waals surface area contributed by atoms with Gasteiger partial charge in [-0.05, 0) is 32.9 Å². The molecule has 0 atom stereocenters. The van der Waals surface area contributed by atoms with Crippen LogP contribution in [0, 0.1) is 0 Å². The fourth-order valence-corrected chi connectivity index (χ4v) is 1.11. The molecule has 2 nitrogen and oxygen atoms in total. The Labute approximate surface area is 72.9 Å². The third-order valence-electron chi connectivity index (χ3n) is 1.73. The van der Waals surface area contributed by atoms with Crippen LogP contribution in [0.5, 0.6) is 0 Å². The van der Waals surface area contributed by atoms with E-state index in [9.17, 15) is 5.11 Å². The van der Waals surface area contributed by atoms with Gasteiger partial charge in [-0.2, -0.15) is 0 Å². The highest BCUT2D eigenvalue weighted by atomic mass is 16.5. The Morgan fingerprint density at radius 3 is 2.58 bits per heavy atom. The van der Waals surface area contributed by atoms with Crippen LogP contribution < -0.4 is 0 Å². The molecule has 0 bridgehead atoms. The van der Waals surface area contributed by atoms with Gasteiger partial charge in [0.1, 0.15) is 17.1 Å². The summed E-state index contributed by atoms with van der Waals surface area (Å²) in [6, 6.07) is 0. The number of aliphatic hydroxyl groups is 1. The predicted molar refractivity (Wildman–Crippen MR) is 48.8 cm³/mol. The van der Waals surface area contributed by atoms with Crippen LogP contribution in [0.4, 0.5) is 0 Å². The first-order chi connectivity index (χ1) is 5.42. The third-order valence-corrected chi connectivity index (χ3v) is 1.73. The van der Waals surface area contributed by atoms with Crippen LogP contribution in [0.25, 0.3) is 0 Å². The Morgan fingerprint density at radius 1 is 1.58 bits per heavy atom. The monoisotopic (exact) mass is 166 g/mol. The Kier molecular flexibility index (Phi) is 2.01. The zero-order chi connectivity index (χ0) is 9.35. The van der Waals surface area contributed by atoms with Gasteiger partial charge in [-0.25, -0.2) is 0 Å². The summed E-state index contributed by atoms with van der Waals surface area (Å²) < 4.78 is 5.45. The molecule has 1 heterocycles. The first-order valence-electron chi connectivity index (χ1n) is 3.90. The molecular weight excluding hydrogens is 152 g/mol. The molecule has 12 heavy (non-hydrogen) atoms. The van der Waals surface area contributed by atoms with Gasteiger partial charge in [-0.15, -0.1) is 0 Å². The molecule has 66 valence electrons. The van der Waals surface area contributed by atoms with E-state index in [4.69, 9.17) is 4.74 Å². The number of rotatable bonds is 0. The molecule has 0 aromatic carbocycles. The van der Waals surface area contributed by atoms with Gasteiger partial charge in [-0.1, -0.05) is 6.58 Å². The molecular formula is C10H14O2. The lowest BCUT2D eigenvalue weighted by Crippen LogP contribution is -2.24. The minimum absolute atomic E-state index is 0.242. The van der Waals surface area contributed by atoms with Crippen LogP contribution in [-0.4, -0.2) is 10.7 Å². The minimum atomic E-state index is -0.309. The first kappa shape index (κ1) is 8.91. The zero-order valence-electron chi connectivity index (χ0n) is 7.72. The molecule has 0 aromatic rings. The number of hydrogen-bond acceptors (Lipinski definition) is 2. The summed E-state index contributed by atoms with van der Waals surface area (Å²) in [6.45, 7) is 9.22. The van der Waals surface area contributed by atoms with Gasteiger partial charge in [0, 0.05) is 0 Å². The van der Waals surface area contributed by atoms with Crippen molar-refractivity contribution in [3.05, 3.63) is 35.8 Å². The molecule has 0 saturated heterocycles. The molecule has 0 aliphatic carbocycles. The lowest BCUT2D eigenvalue weighted by atomic mass is 10.0. The van der Waals surface area contributed by atoms with Gasteiger partial charge in [0.15, 0.2) is 0 Å². The molecule has 2 heteroatoms. The number of ether oxygens (including phenoxy) is 1. The second kappa shape index (κ2) is 2.70. The Hall–Kier alpha value is -1.18. The SMILES string of the molecule is C=C1OC(C)(C)C=C/C1=C(/C)O. The van der Waals surface area contributed by atoms with E-state index >= 15 is 0 Å². The van der Waals surface area contributed by atoms with E-state index in [0.717, 1.165) is 0 Å². The molecule has 1 aliphatic rings. The van der Waals surface area contributed by atoms with Gasteiger partial charge < -0.3 is 9.84 Å². The van der Waals surface area contributed by atoms with Crippen LogP contribution in [-0.2, 0) is 4.74 Å². The molecule has 1 rings (SSSR count). The van der Waals surface area contributed by atoms with Crippen molar-refractivity contribution in [3.63, 3.8) is 0 Å². The van der Waals surface area contributed by atoms with Gasteiger partial charge in [0.25, 0.3) is 0 Å². The quantitative estimate of drug-likeness (QED) is 0.560. The summed E-state index contributed by atoms with van der Waals surface area (Å²) >= 11 is 0. The molecule has 1 N–H and O–H groups in total. The van der Waals surface area contributed by atoms with Crippen molar-refractivity contribution in [2.75, 3.05) is 0 Å².